The minimum Gasteiger partial charge on any atom is -0.498 e. The summed E-state index contributed by atoms with van der Waals surface area (Å²) in [7, 11) is 7.21. The molecule has 140 valence electrons. The van der Waals surface area contributed by atoms with Gasteiger partial charge in [-0.05, 0) is 25.7 Å². The summed E-state index contributed by atoms with van der Waals surface area (Å²) >= 11 is 0. The van der Waals surface area contributed by atoms with Gasteiger partial charge in [-0.25, -0.2) is 4.48 Å². The molecule has 2 aromatic carbocycles. The van der Waals surface area contributed by atoms with Gasteiger partial charge < -0.3 is 19.5 Å². The summed E-state index contributed by atoms with van der Waals surface area (Å²) in [6, 6.07) is 14.8. The number of nitrogens with zero attached hydrogens (tertiary/aromatic N) is 2. The summed E-state index contributed by atoms with van der Waals surface area (Å²) in [4.78, 5) is 14.4. The van der Waals surface area contributed by atoms with Gasteiger partial charge in [0.05, 0.1) is 14.2 Å². The standard InChI is InChI=1S/C21H28N2O3/c1-21(2,15-22(3)4)16-10-9-11-17(14-16)23(5,20(24)25)18-12-7-8-13-19(18)26-6/h7-14H,15H2,1-6H3. The van der Waals surface area contributed by atoms with E-state index in [1.807, 2.05) is 44.4 Å². The first-order chi connectivity index (χ1) is 12.1. The van der Waals surface area contributed by atoms with Crippen molar-refractivity contribution in [1.29, 1.82) is 0 Å². The lowest BCUT2D eigenvalue weighted by atomic mass is 9.84. The van der Waals surface area contributed by atoms with Gasteiger partial charge in [0.25, 0.3) is 6.09 Å². The third-order valence-electron chi connectivity index (χ3n) is 4.79. The summed E-state index contributed by atoms with van der Waals surface area (Å²) in [5, 5.41) is 12.2. The number of benzene rings is 2. The van der Waals surface area contributed by atoms with Crippen molar-refractivity contribution in [3.8, 4) is 5.75 Å². The van der Waals surface area contributed by atoms with Crippen molar-refractivity contribution in [3.63, 3.8) is 0 Å². The Labute approximate surface area is 156 Å². The number of hydrogen-bond donors (Lipinski definition) is 0. The van der Waals surface area contributed by atoms with E-state index in [-0.39, 0.29) is 5.41 Å². The first-order valence-electron chi connectivity index (χ1n) is 8.60. The van der Waals surface area contributed by atoms with Gasteiger partial charge in [0, 0.05) is 30.2 Å². The molecule has 0 bridgehead atoms. The number of hydrogen-bond acceptors (Lipinski definition) is 4. The Morgan fingerprint density at radius 1 is 1.15 bits per heavy atom. The highest BCUT2D eigenvalue weighted by atomic mass is 16.5. The monoisotopic (exact) mass is 356 g/mol. The molecule has 0 aliphatic heterocycles. The van der Waals surface area contributed by atoms with Crippen molar-refractivity contribution < 1.29 is 14.6 Å². The van der Waals surface area contributed by atoms with Crippen LogP contribution in [0.3, 0.4) is 0 Å². The molecule has 2 rings (SSSR count). The van der Waals surface area contributed by atoms with Crippen LogP contribution < -0.4 is 14.3 Å². The molecular weight excluding hydrogens is 328 g/mol. The lowest BCUT2D eigenvalue weighted by molar-refractivity contribution is -0.259. The maximum absolute atomic E-state index is 12.2. The first-order valence-corrected chi connectivity index (χ1v) is 8.60. The van der Waals surface area contributed by atoms with E-state index < -0.39 is 10.6 Å². The van der Waals surface area contributed by atoms with Gasteiger partial charge in [-0.3, -0.25) is 0 Å². The Morgan fingerprint density at radius 3 is 2.38 bits per heavy atom. The zero-order chi connectivity index (χ0) is 19.5. The van der Waals surface area contributed by atoms with Crippen molar-refractivity contribution >= 4 is 17.5 Å². The predicted octanol–water partition coefficient (Wildman–Crippen LogP) is 3.15. The lowest BCUT2D eigenvalue weighted by Gasteiger charge is -2.35. The van der Waals surface area contributed by atoms with Crippen LogP contribution >= 0.6 is 0 Å². The highest BCUT2D eigenvalue weighted by Gasteiger charge is 2.35. The quantitative estimate of drug-likeness (QED) is 0.746. The van der Waals surface area contributed by atoms with Crippen molar-refractivity contribution in [1.82, 2.24) is 9.38 Å². The normalized spacial score (nSPS) is 14.1. The van der Waals surface area contributed by atoms with Crippen LogP contribution in [0.2, 0.25) is 0 Å². The highest BCUT2D eigenvalue weighted by Crippen LogP contribution is 2.40. The Balaban J connectivity index is 2.62. The number of para-hydroxylation sites is 2. The fraction of sp³-hybridized carbons (Fsp3) is 0.381. The van der Waals surface area contributed by atoms with Gasteiger partial charge in [0.15, 0.2) is 11.4 Å². The summed E-state index contributed by atoms with van der Waals surface area (Å²) in [6.45, 7) is 5.15. The van der Waals surface area contributed by atoms with E-state index in [0.717, 1.165) is 12.1 Å². The van der Waals surface area contributed by atoms with E-state index in [1.165, 1.54) is 7.11 Å². The van der Waals surface area contributed by atoms with E-state index >= 15 is 0 Å². The number of carbonyl (C=O) groups is 1. The van der Waals surface area contributed by atoms with Gasteiger partial charge in [-0.2, -0.15) is 0 Å². The molecule has 1 unspecified atom stereocenters. The van der Waals surface area contributed by atoms with Crippen molar-refractivity contribution in [2.24, 2.45) is 0 Å². The fourth-order valence-corrected chi connectivity index (χ4v) is 3.43. The molecule has 26 heavy (non-hydrogen) atoms. The molecule has 0 spiro atoms. The van der Waals surface area contributed by atoms with Gasteiger partial charge in [0.2, 0.25) is 0 Å². The molecule has 0 aliphatic rings. The summed E-state index contributed by atoms with van der Waals surface area (Å²) in [6.07, 6.45) is -1.21. The number of carbonyl (C=O) groups excluding carboxylic acids is 1. The minimum absolute atomic E-state index is 0.128. The molecule has 0 saturated heterocycles. The number of amides is 1. The largest absolute Gasteiger partial charge is 0.498 e. The van der Waals surface area contributed by atoms with Gasteiger partial charge in [0.1, 0.15) is 5.69 Å². The molecule has 2 aromatic rings. The maximum Gasteiger partial charge on any atom is 0.268 e. The van der Waals surface area contributed by atoms with E-state index in [1.54, 1.807) is 25.2 Å². The van der Waals surface area contributed by atoms with Crippen LogP contribution in [0.25, 0.3) is 0 Å². The van der Waals surface area contributed by atoms with Gasteiger partial charge in [-0.15, -0.1) is 0 Å². The van der Waals surface area contributed by atoms with Crippen LogP contribution in [-0.4, -0.2) is 45.8 Å². The summed E-state index contributed by atoms with van der Waals surface area (Å²) in [5.41, 5.74) is 2.09. The lowest BCUT2D eigenvalue weighted by Crippen LogP contribution is -2.53. The predicted molar refractivity (Wildman–Crippen MR) is 104 cm³/mol. The molecule has 0 saturated carbocycles. The average Bonchev–Trinajstić information content (AvgIpc) is 2.59. The minimum atomic E-state index is -1.21. The number of quaternary nitrogens is 1. The number of carboxylic acid groups (broad SMARTS) is 1. The molecule has 1 atom stereocenters. The molecule has 1 amide bonds. The van der Waals surface area contributed by atoms with Crippen molar-refractivity contribution in [2.45, 2.75) is 19.3 Å². The number of methoxy groups -OCH3 is 1. The van der Waals surface area contributed by atoms with Gasteiger partial charge in [-0.1, -0.05) is 38.1 Å². The first kappa shape index (κ1) is 19.9. The Bertz CT molecular complexity index is 786. The van der Waals surface area contributed by atoms with Crippen LogP contribution in [0.5, 0.6) is 5.75 Å². The van der Waals surface area contributed by atoms with Crippen molar-refractivity contribution in [2.75, 3.05) is 34.8 Å². The second-order valence-electron chi connectivity index (χ2n) is 7.62. The number of likely N-dealkylation sites (N-methyl/N-ethyl adjacent to an activating group) is 1. The van der Waals surface area contributed by atoms with E-state index in [4.69, 9.17) is 4.74 Å². The molecule has 5 heteroatoms. The third kappa shape index (κ3) is 3.74. The van der Waals surface area contributed by atoms with Gasteiger partial charge >= 0.3 is 0 Å². The Hall–Kier alpha value is -2.37. The van der Waals surface area contributed by atoms with E-state index in [2.05, 4.69) is 18.7 Å². The highest BCUT2D eigenvalue weighted by molar-refractivity contribution is 5.89. The summed E-state index contributed by atoms with van der Waals surface area (Å²) in [5.74, 6) is 0.511. The molecule has 0 radical (unpaired) electrons. The topological polar surface area (TPSA) is 52.6 Å². The fourth-order valence-electron chi connectivity index (χ4n) is 3.43. The second kappa shape index (κ2) is 7.48. The smallest absolute Gasteiger partial charge is 0.268 e. The molecule has 0 heterocycles. The molecule has 0 fully saturated rings. The number of rotatable bonds is 6. The Kier molecular flexibility index (Phi) is 5.74. The molecule has 0 aliphatic carbocycles. The molecule has 0 aromatic heterocycles. The zero-order valence-electron chi connectivity index (χ0n) is 16.4. The van der Waals surface area contributed by atoms with Crippen molar-refractivity contribution in [3.05, 3.63) is 54.1 Å². The average molecular weight is 356 g/mol. The van der Waals surface area contributed by atoms with E-state index in [9.17, 15) is 9.90 Å². The Morgan fingerprint density at radius 2 is 1.81 bits per heavy atom. The number of ether oxygens (including phenoxy) is 1. The second-order valence-corrected chi connectivity index (χ2v) is 7.62. The van der Waals surface area contributed by atoms with Crippen LogP contribution in [0, 0.1) is 0 Å². The molecule has 5 nitrogen and oxygen atoms in total. The molecular formula is C21H28N2O3. The molecule has 0 N–H and O–H groups in total. The third-order valence-corrected chi connectivity index (χ3v) is 4.79. The summed E-state index contributed by atoms with van der Waals surface area (Å²) < 4.78 is 4.91. The SMILES string of the molecule is COc1ccccc1[N+](C)(C(=O)[O-])c1cccc(C(C)(C)CN(C)C)c1. The van der Waals surface area contributed by atoms with Crippen LogP contribution in [0.1, 0.15) is 19.4 Å². The van der Waals surface area contributed by atoms with Crippen LogP contribution in [-0.2, 0) is 5.41 Å². The van der Waals surface area contributed by atoms with Crippen LogP contribution in [0.4, 0.5) is 16.2 Å². The van der Waals surface area contributed by atoms with E-state index in [0.29, 0.717) is 17.1 Å². The zero-order valence-corrected chi connectivity index (χ0v) is 16.4. The maximum atomic E-state index is 12.2. The van der Waals surface area contributed by atoms with Crippen LogP contribution in [0.15, 0.2) is 48.5 Å².